The molecule has 0 atom stereocenters. The van der Waals surface area contributed by atoms with Crippen LogP contribution in [-0.2, 0) is 6.61 Å². The van der Waals surface area contributed by atoms with Crippen LogP contribution in [0.2, 0.25) is 10.0 Å². The minimum atomic E-state index is -0.521. The van der Waals surface area contributed by atoms with Crippen molar-refractivity contribution >= 4 is 35.1 Å². The summed E-state index contributed by atoms with van der Waals surface area (Å²) in [6, 6.07) is 9.59. The summed E-state index contributed by atoms with van der Waals surface area (Å²) in [5, 5.41) is 10.1. The van der Waals surface area contributed by atoms with Gasteiger partial charge in [0.2, 0.25) is 0 Å². The number of halogens is 3. The number of nitrogens with zero attached hydrogens (tertiary/aromatic N) is 2. The van der Waals surface area contributed by atoms with Crippen LogP contribution >= 0.6 is 23.2 Å². The first-order valence-corrected chi connectivity index (χ1v) is 9.60. The number of anilines is 1. The fraction of sp³-hybridized carbons (Fsp3) is 0.150. The van der Waals surface area contributed by atoms with E-state index in [-0.39, 0.29) is 27.9 Å². The van der Waals surface area contributed by atoms with Crippen LogP contribution in [-0.4, -0.2) is 23.0 Å². The van der Waals surface area contributed by atoms with Crippen LogP contribution in [0.4, 0.5) is 10.1 Å². The van der Waals surface area contributed by atoms with Crippen molar-refractivity contribution < 1.29 is 13.9 Å². The Kier molecular flexibility index (Phi) is 7.26. The average Bonchev–Trinajstić information content (AvgIpc) is 2.72. The Hall–Kier alpha value is -3.10. The Morgan fingerprint density at radius 3 is 2.83 bits per heavy atom. The number of H-pyrrole nitrogens is 1. The Balaban J connectivity index is 1.74. The minimum Gasteiger partial charge on any atom is -0.490 e. The van der Waals surface area contributed by atoms with Crippen molar-refractivity contribution in [2.24, 2.45) is 5.10 Å². The summed E-state index contributed by atoms with van der Waals surface area (Å²) >= 11 is 11.9. The molecule has 30 heavy (non-hydrogen) atoms. The molecule has 3 aromatic rings. The van der Waals surface area contributed by atoms with Gasteiger partial charge >= 0.3 is 0 Å². The van der Waals surface area contributed by atoms with E-state index in [2.05, 4.69) is 20.7 Å². The number of aromatic nitrogens is 2. The van der Waals surface area contributed by atoms with E-state index < -0.39 is 11.4 Å². The summed E-state index contributed by atoms with van der Waals surface area (Å²) in [6.45, 7) is 2.19. The van der Waals surface area contributed by atoms with Gasteiger partial charge in [-0.15, -0.1) is 0 Å². The lowest BCUT2D eigenvalue weighted by molar-refractivity contribution is 0.266. The van der Waals surface area contributed by atoms with Gasteiger partial charge in [-0.1, -0.05) is 29.3 Å². The molecule has 0 spiro atoms. The van der Waals surface area contributed by atoms with Gasteiger partial charge in [-0.3, -0.25) is 10.2 Å². The molecule has 0 bridgehead atoms. The molecule has 0 amide bonds. The van der Waals surface area contributed by atoms with Gasteiger partial charge in [0.1, 0.15) is 23.1 Å². The summed E-state index contributed by atoms with van der Waals surface area (Å²) < 4.78 is 25.3. The number of hydrazone groups is 1. The molecule has 1 heterocycles. The zero-order valence-corrected chi connectivity index (χ0v) is 17.3. The van der Waals surface area contributed by atoms with E-state index in [0.29, 0.717) is 23.7 Å². The lowest BCUT2D eigenvalue weighted by Gasteiger charge is -2.13. The number of rotatable bonds is 8. The second-order valence-corrected chi connectivity index (χ2v) is 6.71. The molecular formula is C20H17Cl2FN4O3. The first-order valence-electron chi connectivity index (χ1n) is 8.84. The van der Waals surface area contributed by atoms with Crippen LogP contribution in [0.1, 0.15) is 18.1 Å². The molecule has 0 radical (unpaired) electrons. The highest BCUT2D eigenvalue weighted by Crippen LogP contribution is 2.30. The second kappa shape index (κ2) is 10.1. The van der Waals surface area contributed by atoms with E-state index in [1.54, 1.807) is 24.3 Å². The lowest BCUT2D eigenvalue weighted by atomic mass is 10.2. The fourth-order valence-electron chi connectivity index (χ4n) is 2.45. The van der Waals surface area contributed by atoms with E-state index in [4.69, 9.17) is 32.7 Å². The molecule has 10 heteroatoms. The van der Waals surface area contributed by atoms with Gasteiger partial charge in [-0.05, 0) is 42.8 Å². The Morgan fingerprint density at radius 1 is 1.23 bits per heavy atom. The third kappa shape index (κ3) is 5.28. The van der Waals surface area contributed by atoms with E-state index in [9.17, 15) is 9.18 Å². The lowest BCUT2D eigenvalue weighted by Crippen LogP contribution is -2.10. The molecule has 0 saturated carbocycles. The molecule has 0 aliphatic rings. The maximum absolute atomic E-state index is 13.9. The summed E-state index contributed by atoms with van der Waals surface area (Å²) in [5.74, 6) is 0.455. The first kappa shape index (κ1) is 21.6. The zero-order valence-electron chi connectivity index (χ0n) is 15.8. The Labute approximate surface area is 181 Å². The third-order valence-corrected chi connectivity index (χ3v) is 4.62. The average molecular weight is 451 g/mol. The van der Waals surface area contributed by atoms with Crippen molar-refractivity contribution in [3.63, 3.8) is 0 Å². The third-order valence-electron chi connectivity index (χ3n) is 3.90. The number of ether oxygens (including phenoxy) is 2. The van der Waals surface area contributed by atoms with Gasteiger partial charge in [0.25, 0.3) is 5.56 Å². The molecule has 0 fully saturated rings. The molecule has 3 rings (SSSR count). The standard InChI is InChI=1S/C20H17Cl2FN4O3/c1-2-29-18-8-12(9-24-26-16-10-25-27-20(28)19(16)22)6-7-17(18)30-11-13-14(21)4-3-5-15(13)23/h3-10H,2,11H2,1H3,(H2,26,27,28). The van der Waals surface area contributed by atoms with Crippen LogP contribution in [0.5, 0.6) is 11.5 Å². The maximum Gasteiger partial charge on any atom is 0.285 e. The predicted octanol–water partition coefficient (Wildman–Crippen LogP) is 4.64. The monoisotopic (exact) mass is 450 g/mol. The van der Waals surface area contributed by atoms with Gasteiger partial charge in [0.05, 0.1) is 24.0 Å². The molecule has 1 aromatic heterocycles. The van der Waals surface area contributed by atoms with Crippen molar-refractivity contribution in [1.29, 1.82) is 0 Å². The highest BCUT2D eigenvalue weighted by atomic mass is 35.5. The Morgan fingerprint density at radius 2 is 2.07 bits per heavy atom. The molecule has 2 aromatic carbocycles. The highest BCUT2D eigenvalue weighted by Gasteiger charge is 2.11. The van der Waals surface area contributed by atoms with Crippen LogP contribution in [0.3, 0.4) is 0 Å². The van der Waals surface area contributed by atoms with Gasteiger partial charge in [0.15, 0.2) is 11.5 Å². The van der Waals surface area contributed by atoms with E-state index in [1.165, 1.54) is 24.5 Å². The number of hydrogen-bond acceptors (Lipinski definition) is 6. The number of nitrogens with one attached hydrogen (secondary N) is 2. The zero-order chi connectivity index (χ0) is 21.5. The number of benzene rings is 2. The van der Waals surface area contributed by atoms with Gasteiger partial charge in [0, 0.05) is 5.56 Å². The molecule has 2 N–H and O–H groups in total. The van der Waals surface area contributed by atoms with Crippen LogP contribution < -0.4 is 20.5 Å². The fourth-order valence-corrected chi connectivity index (χ4v) is 2.80. The number of hydrogen-bond donors (Lipinski definition) is 2. The van der Waals surface area contributed by atoms with Crippen molar-refractivity contribution in [1.82, 2.24) is 10.2 Å². The smallest absolute Gasteiger partial charge is 0.285 e. The maximum atomic E-state index is 13.9. The molecule has 156 valence electrons. The molecule has 0 saturated heterocycles. The van der Waals surface area contributed by atoms with Crippen molar-refractivity contribution in [3.05, 3.63) is 79.9 Å². The minimum absolute atomic E-state index is 0.0470. The van der Waals surface area contributed by atoms with E-state index in [1.807, 2.05) is 6.92 Å². The Bertz CT molecular complexity index is 1100. The van der Waals surface area contributed by atoms with Crippen LogP contribution in [0.25, 0.3) is 0 Å². The topological polar surface area (TPSA) is 88.6 Å². The molecule has 7 nitrogen and oxygen atoms in total. The van der Waals surface area contributed by atoms with Gasteiger partial charge < -0.3 is 9.47 Å². The summed E-state index contributed by atoms with van der Waals surface area (Å²) in [6.07, 6.45) is 2.86. The van der Waals surface area contributed by atoms with Crippen LogP contribution in [0, 0.1) is 5.82 Å². The molecular weight excluding hydrogens is 434 g/mol. The van der Waals surface area contributed by atoms with E-state index >= 15 is 0 Å². The molecule has 0 aliphatic heterocycles. The summed E-state index contributed by atoms with van der Waals surface area (Å²) in [4.78, 5) is 11.4. The SMILES string of the molecule is CCOc1cc(C=NNc2cn[nH]c(=O)c2Cl)ccc1OCc1c(F)cccc1Cl. The normalized spacial score (nSPS) is 10.9. The van der Waals surface area contributed by atoms with Crippen molar-refractivity contribution in [2.75, 3.05) is 12.0 Å². The highest BCUT2D eigenvalue weighted by molar-refractivity contribution is 6.33. The van der Waals surface area contributed by atoms with Gasteiger partial charge in [-0.25, -0.2) is 9.49 Å². The summed E-state index contributed by atoms with van der Waals surface area (Å²) in [7, 11) is 0. The van der Waals surface area contributed by atoms with Crippen molar-refractivity contribution in [2.45, 2.75) is 13.5 Å². The molecule has 0 aliphatic carbocycles. The number of aromatic amines is 1. The van der Waals surface area contributed by atoms with Crippen molar-refractivity contribution in [3.8, 4) is 11.5 Å². The quantitative estimate of drug-likeness (QED) is 0.385. The first-order chi connectivity index (χ1) is 14.5. The van der Waals surface area contributed by atoms with E-state index in [0.717, 1.165) is 0 Å². The summed E-state index contributed by atoms with van der Waals surface area (Å²) in [5.41, 5.74) is 3.35. The molecule has 0 unspecified atom stereocenters. The second-order valence-electron chi connectivity index (χ2n) is 5.92. The largest absolute Gasteiger partial charge is 0.490 e. The predicted molar refractivity (Wildman–Crippen MR) is 114 cm³/mol. The van der Waals surface area contributed by atoms with Crippen LogP contribution in [0.15, 0.2) is 52.5 Å². The van der Waals surface area contributed by atoms with Gasteiger partial charge in [-0.2, -0.15) is 10.2 Å².